The Balaban J connectivity index is 1.58. The Bertz CT molecular complexity index is 1200. The summed E-state index contributed by atoms with van der Waals surface area (Å²) in [4.78, 5) is 17.7. The molecule has 1 fully saturated rings. The zero-order valence-electron chi connectivity index (χ0n) is 18.9. The lowest BCUT2D eigenvalue weighted by atomic mass is 9.77. The SMILES string of the molecule is CCOC(=O)c1sc(N2N=C3/C(=C\c4ccccc4)CCCC3C2c2ccccc2)nc1C. The third kappa shape index (κ3) is 4.23. The molecule has 2 aromatic carbocycles. The second kappa shape index (κ2) is 9.32. The standard InChI is InChI=1S/C27H27N3O2S/c1-3-32-26(31)25-18(2)28-27(33-25)30-24(20-13-8-5-9-14-20)22-16-10-15-21(23(22)29-30)17-19-11-6-4-7-12-19/h4-9,11-14,17,22,24H,3,10,15-16H2,1-2H3/b21-17-. The van der Waals surface area contributed by atoms with Gasteiger partial charge in [0.15, 0.2) is 0 Å². The summed E-state index contributed by atoms with van der Waals surface area (Å²) in [6, 6.07) is 21.0. The molecule has 2 unspecified atom stereocenters. The summed E-state index contributed by atoms with van der Waals surface area (Å²) in [5, 5.41) is 7.94. The number of hydrogen-bond donors (Lipinski definition) is 0. The summed E-state index contributed by atoms with van der Waals surface area (Å²) in [6.07, 6.45) is 5.50. The first-order valence-electron chi connectivity index (χ1n) is 11.5. The van der Waals surface area contributed by atoms with Crippen LogP contribution in [-0.4, -0.2) is 23.3 Å². The highest BCUT2D eigenvalue weighted by molar-refractivity contribution is 7.17. The van der Waals surface area contributed by atoms with Crippen molar-refractivity contribution in [2.75, 3.05) is 11.6 Å². The molecule has 0 spiro atoms. The van der Waals surface area contributed by atoms with Crippen molar-refractivity contribution in [1.82, 2.24) is 4.98 Å². The van der Waals surface area contributed by atoms with E-state index in [1.54, 1.807) is 0 Å². The number of benzene rings is 2. The summed E-state index contributed by atoms with van der Waals surface area (Å²) in [5.41, 5.74) is 5.53. The molecule has 6 heteroatoms. The summed E-state index contributed by atoms with van der Waals surface area (Å²) >= 11 is 1.37. The molecule has 1 aliphatic carbocycles. The molecule has 2 aliphatic rings. The topological polar surface area (TPSA) is 54.8 Å². The number of ether oxygens (including phenoxy) is 1. The largest absolute Gasteiger partial charge is 0.462 e. The van der Waals surface area contributed by atoms with E-state index in [0.717, 1.165) is 30.1 Å². The van der Waals surface area contributed by atoms with Crippen LogP contribution in [0.25, 0.3) is 6.08 Å². The van der Waals surface area contributed by atoms with Gasteiger partial charge in [0.2, 0.25) is 5.13 Å². The van der Waals surface area contributed by atoms with Gasteiger partial charge >= 0.3 is 5.97 Å². The Morgan fingerprint density at radius 3 is 2.61 bits per heavy atom. The van der Waals surface area contributed by atoms with Gasteiger partial charge in [-0.1, -0.05) is 72.0 Å². The molecule has 1 saturated carbocycles. The van der Waals surface area contributed by atoms with Crippen molar-refractivity contribution in [3.05, 3.63) is 87.9 Å². The highest BCUT2D eigenvalue weighted by Crippen LogP contribution is 2.47. The number of hydrazone groups is 1. The van der Waals surface area contributed by atoms with Crippen LogP contribution in [0, 0.1) is 12.8 Å². The Morgan fingerprint density at radius 2 is 1.88 bits per heavy atom. The van der Waals surface area contributed by atoms with E-state index >= 15 is 0 Å². The number of hydrogen-bond acceptors (Lipinski definition) is 6. The molecule has 2 atom stereocenters. The van der Waals surface area contributed by atoms with Crippen molar-refractivity contribution in [3.63, 3.8) is 0 Å². The molecule has 33 heavy (non-hydrogen) atoms. The van der Waals surface area contributed by atoms with Gasteiger partial charge in [0.05, 0.1) is 24.1 Å². The van der Waals surface area contributed by atoms with Crippen LogP contribution in [0.4, 0.5) is 5.13 Å². The summed E-state index contributed by atoms with van der Waals surface area (Å²) in [7, 11) is 0. The van der Waals surface area contributed by atoms with E-state index in [-0.39, 0.29) is 17.9 Å². The average molecular weight is 458 g/mol. The first-order chi connectivity index (χ1) is 16.2. The fourth-order valence-electron chi connectivity index (χ4n) is 4.76. The Hall–Kier alpha value is -3.25. The molecule has 0 bridgehead atoms. The Morgan fingerprint density at radius 1 is 1.15 bits per heavy atom. The second-order valence-electron chi connectivity index (χ2n) is 8.40. The molecule has 0 amide bonds. The van der Waals surface area contributed by atoms with Crippen LogP contribution < -0.4 is 5.01 Å². The Labute approximate surface area is 198 Å². The smallest absolute Gasteiger partial charge is 0.350 e. The molecule has 168 valence electrons. The summed E-state index contributed by atoms with van der Waals surface area (Å²) in [6.45, 7) is 4.03. The molecule has 0 radical (unpaired) electrons. The summed E-state index contributed by atoms with van der Waals surface area (Å²) < 4.78 is 5.24. The van der Waals surface area contributed by atoms with Gasteiger partial charge in [0.1, 0.15) is 4.88 Å². The lowest BCUT2D eigenvalue weighted by Crippen LogP contribution is -2.28. The summed E-state index contributed by atoms with van der Waals surface area (Å²) in [5.74, 6) is -0.0321. The van der Waals surface area contributed by atoms with Gasteiger partial charge < -0.3 is 4.74 Å². The lowest BCUT2D eigenvalue weighted by Gasteiger charge is -2.29. The number of esters is 1. The van der Waals surface area contributed by atoms with Crippen molar-refractivity contribution in [3.8, 4) is 0 Å². The van der Waals surface area contributed by atoms with E-state index in [0.29, 0.717) is 17.2 Å². The van der Waals surface area contributed by atoms with Crippen LogP contribution in [-0.2, 0) is 4.74 Å². The minimum absolute atomic E-state index is 0.0567. The van der Waals surface area contributed by atoms with Crippen LogP contribution >= 0.6 is 11.3 Å². The molecular formula is C27H27N3O2S. The van der Waals surface area contributed by atoms with Gasteiger partial charge in [-0.15, -0.1) is 0 Å². The van der Waals surface area contributed by atoms with E-state index in [1.807, 2.05) is 31.0 Å². The number of allylic oxidation sites excluding steroid dienone is 1. The van der Waals surface area contributed by atoms with Gasteiger partial charge in [-0.25, -0.2) is 14.8 Å². The number of carbonyl (C=O) groups excluding carboxylic acids is 1. The average Bonchev–Trinajstić information content (AvgIpc) is 3.42. The molecule has 0 N–H and O–H groups in total. The van der Waals surface area contributed by atoms with Gasteiger partial charge in [-0.2, -0.15) is 5.10 Å². The third-order valence-corrected chi connectivity index (χ3v) is 7.35. The molecule has 0 saturated heterocycles. The number of aryl methyl sites for hydroxylation is 1. The minimum atomic E-state index is -0.316. The van der Waals surface area contributed by atoms with Crippen LogP contribution in [0.1, 0.15) is 58.7 Å². The first kappa shape index (κ1) is 21.6. The molecule has 5 nitrogen and oxygen atoms in total. The molecule has 1 aliphatic heterocycles. The van der Waals surface area contributed by atoms with Crippen LogP contribution in [0.15, 0.2) is 71.3 Å². The van der Waals surface area contributed by atoms with Crippen LogP contribution in [0.3, 0.4) is 0 Å². The number of rotatable bonds is 5. The number of nitrogens with zero attached hydrogens (tertiary/aromatic N) is 3. The molecule has 1 aromatic heterocycles. The van der Waals surface area contributed by atoms with Crippen LogP contribution in [0.5, 0.6) is 0 Å². The van der Waals surface area contributed by atoms with E-state index < -0.39 is 0 Å². The number of aromatic nitrogens is 1. The quantitative estimate of drug-likeness (QED) is 0.414. The number of carbonyl (C=O) groups is 1. The van der Waals surface area contributed by atoms with Gasteiger partial charge in [-0.3, -0.25) is 0 Å². The highest BCUT2D eigenvalue weighted by atomic mass is 32.1. The van der Waals surface area contributed by atoms with Crippen molar-refractivity contribution >= 4 is 34.2 Å². The fraction of sp³-hybridized carbons (Fsp3) is 0.296. The van der Waals surface area contributed by atoms with E-state index in [1.165, 1.54) is 28.0 Å². The maximum absolute atomic E-state index is 12.4. The molecular weight excluding hydrogens is 430 g/mol. The van der Waals surface area contributed by atoms with Crippen molar-refractivity contribution in [1.29, 1.82) is 0 Å². The molecule has 5 rings (SSSR count). The van der Waals surface area contributed by atoms with Crippen molar-refractivity contribution in [2.45, 2.75) is 39.2 Å². The van der Waals surface area contributed by atoms with E-state index in [4.69, 9.17) is 14.8 Å². The number of fused-ring (bicyclic) bond motifs is 1. The van der Waals surface area contributed by atoms with Gasteiger partial charge in [0.25, 0.3) is 0 Å². The van der Waals surface area contributed by atoms with E-state index in [2.05, 4.69) is 54.6 Å². The first-order valence-corrected chi connectivity index (χ1v) is 12.3. The molecule has 2 heterocycles. The van der Waals surface area contributed by atoms with Crippen LogP contribution in [0.2, 0.25) is 0 Å². The minimum Gasteiger partial charge on any atom is -0.462 e. The van der Waals surface area contributed by atoms with E-state index in [9.17, 15) is 4.79 Å². The second-order valence-corrected chi connectivity index (χ2v) is 9.37. The molecule has 3 aromatic rings. The predicted octanol–water partition coefficient (Wildman–Crippen LogP) is 6.43. The van der Waals surface area contributed by atoms with Gasteiger partial charge in [0, 0.05) is 5.92 Å². The van der Waals surface area contributed by atoms with Gasteiger partial charge in [-0.05, 0) is 55.9 Å². The normalized spacial score (nSPS) is 21.1. The lowest BCUT2D eigenvalue weighted by molar-refractivity contribution is 0.0531. The number of thiazole rings is 1. The maximum atomic E-state index is 12.4. The number of anilines is 1. The monoisotopic (exact) mass is 457 g/mol. The third-order valence-electron chi connectivity index (χ3n) is 6.23. The van der Waals surface area contributed by atoms with Crippen molar-refractivity contribution in [2.24, 2.45) is 11.0 Å². The zero-order valence-corrected chi connectivity index (χ0v) is 19.7. The fourth-order valence-corrected chi connectivity index (χ4v) is 5.71. The predicted molar refractivity (Wildman–Crippen MR) is 134 cm³/mol. The Kier molecular flexibility index (Phi) is 6.09. The zero-order chi connectivity index (χ0) is 22.8. The highest BCUT2D eigenvalue weighted by Gasteiger charge is 2.43. The maximum Gasteiger partial charge on any atom is 0.350 e. The van der Waals surface area contributed by atoms with Crippen molar-refractivity contribution < 1.29 is 9.53 Å².